The molecule has 0 bridgehead atoms. The molecular weight excluding hydrogens is 1610 g/mol. The predicted octanol–water partition coefficient (Wildman–Crippen LogP) is 33.4. The molecule has 8 heterocycles. The second-order valence-electron chi connectivity index (χ2n) is 32.7. The zero-order chi connectivity index (χ0) is 82.6. The summed E-state index contributed by atoms with van der Waals surface area (Å²) < 4.78 is 20.0. The molecule has 0 radical (unpaired) electrons. The minimum atomic E-state index is 0.919. The van der Waals surface area contributed by atoms with Gasteiger partial charge in [0.1, 0.15) is 11.6 Å². The molecule has 10 heteroatoms. The number of hydrogen-bond acceptors (Lipinski definition) is 6. The summed E-state index contributed by atoms with van der Waals surface area (Å²) in [5, 5.41) is 15.5. The fourth-order valence-corrected chi connectivity index (χ4v) is 23.8. The second kappa shape index (κ2) is 29.1. The Hall–Kier alpha value is -15.4. The van der Waals surface area contributed by atoms with Crippen LogP contribution in [-0.4, -0.2) is 28.2 Å². The Morgan fingerprint density at radius 3 is 0.690 bits per heavy atom. The van der Waals surface area contributed by atoms with Gasteiger partial charge in [0.2, 0.25) is 0 Å². The third kappa shape index (κ3) is 11.9. The Morgan fingerprint density at radius 1 is 0.143 bits per heavy atom. The number of rotatable bonds is 11. The number of fused-ring (bicyclic) bond motifs is 20. The van der Waals surface area contributed by atoms with Crippen molar-refractivity contribution in [1.29, 1.82) is 0 Å². The highest BCUT2D eigenvalue weighted by atomic mass is 32.1. The monoisotopic (exact) mass is 1670 g/mol. The molecule has 19 aromatic carbocycles. The molecule has 0 aliphatic carbocycles. The maximum Gasteiger partial charge on any atom is 0.145 e. The van der Waals surface area contributed by atoms with Gasteiger partial charge in [-0.25, -0.2) is 9.97 Å². The highest BCUT2D eigenvalue weighted by Gasteiger charge is 2.23. The van der Waals surface area contributed by atoms with Crippen molar-refractivity contribution < 1.29 is 0 Å². The zero-order valence-electron chi connectivity index (χ0n) is 67.7. The summed E-state index contributed by atoms with van der Waals surface area (Å²) in [6.45, 7) is 0. The van der Waals surface area contributed by atoms with Crippen LogP contribution >= 0.6 is 45.3 Å². The second-order valence-corrected chi connectivity index (χ2v) is 37.0. The third-order valence-electron chi connectivity index (χ3n) is 25.5. The predicted molar refractivity (Wildman–Crippen MR) is 540 cm³/mol. The van der Waals surface area contributed by atoms with Crippen molar-refractivity contribution in [3.8, 4) is 101 Å². The van der Waals surface area contributed by atoms with E-state index in [2.05, 4.69) is 443 Å². The lowest BCUT2D eigenvalue weighted by Gasteiger charge is -2.13. The molecule has 0 fully saturated rings. The van der Waals surface area contributed by atoms with E-state index in [0.717, 1.165) is 67.6 Å². The number of nitrogens with zero attached hydrogens (tertiary/aromatic N) is 6. The van der Waals surface area contributed by atoms with Crippen molar-refractivity contribution in [3.63, 3.8) is 0 Å². The van der Waals surface area contributed by atoms with Crippen LogP contribution in [0.3, 0.4) is 0 Å². The first-order valence-electron chi connectivity index (χ1n) is 42.6. The summed E-state index contributed by atoms with van der Waals surface area (Å²) in [4.78, 5) is 10.3. The number of thiophene rings is 4. The molecule has 0 saturated heterocycles. The van der Waals surface area contributed by atoms with Crippen LogP contribution in [0.15, 0.2) is 425 Å². The van der Waals surface area contributed by atoms with Crippen LogP contribution in [0, 0.1) is 0 Å². The van der Waals surface area contributed by atoms with Crippen LogP contribution in [0.4, 0.5) is 0 Å². The van der Waals surface area contributed by atoms with Crippen molar-refractivity contribution in [1.82, 2.24) is 28.2 Å². The summed E-state index contributed by atoms with van der Waals surface area (Å²) >= 11 is 7.46. The minimum Gasteiger partial charge on any atom is -0.309 e. The highest BCUT2D eigenvalue weighted by molar-refractivity contribution is 7.27. The molecule has 0 aliphatic rings. The average molecular weight is 1680 g/mol. The first kappa shape index (κ1) is 72.3. The summed E-state index contributed by atoms with van der Waals surface area (Å²) in [5.41, 5.74) is 27.5. The third-order valence-corrected chi connectivity index (χ3v) is 30.1. The number of benzene rings is 19. The van der Waals surface area contributed by atoms with E-state index in [4.69, 9.17) is 9.97 Å². The van der Waals surface area contributed by atoms with Gasteiger partial charge in [-0.05, 0) is 250 Å². The van der Waals surface area contributed by atoms with Gasteiger partial charge in [0, 0.05) is 136 Å². The lowest BCUT2D eigenvalue weighted by atomic mass is 9.98. The number of para-hydroxylation sites is 4. The van der Waals surface area contributed by atoms with Crippen LogP contribution in [0.1, 0.15) is 0 Å². The quantitative estimate of drug-likeness (QED) is 0.130. The molecule has 588 valence electrons. The Balaban J connectivity index is 0.000000135. The van der Waals surface area contributed by atoms with Gasteiger partial charge in [-0.3, -0.25) is 9.13 Å². The lowest BCUT2D eigenvalue weighted by molar-refractivity contribution is 1.09. The molecule has 0 saturated carbocycles. The van der Waals surface area contributed by atoms with Gasteiger partial charge in [-0.2, -0.15) is 0 Å². The molecule has 0 spiro atoms. The van der Waals surface area contributed by atoms with Gasteiger partial charge in [0.15, 0.2) is 0 Å². The van der Waals surface area contributed by atoms with Crippen molar-refractivity contribution in [2.24, 2.45) is 0 Å². The standard InChI is InChI=1S/C61H37N3S2.C55H33N3S2/c1-2-10-38(11-3-1)39-18-20-40(21-19-39)61-62-53-14-6-7-15-56(53)64(61)46-28-26-45(27-29-46)63-54-30-22-41(43-24-32-59-51(36-43)47-12-4-8-16-57(47)65-59)34-49(54)50-35-42(23-31-55(50)63)44-25-33-60-52(37-44)48-13-5-9-17-58(48)66-60;1-2-10-34(11-3-1)55-56-47-14-6-7-15-50(47)58(55)40-24-22-39(23-25-40)57-48-26-18-35(37-20-28-53-45(32-37)41-12-4-8-16-51(41)59-53)30-43(48)44-31-36(19-27-49(44)57)38-21-29-54-46(33-38)42-13-5-9-17-52(42)60-54/h1-37H;1-33H. The van der Waals surface area contributed by atoms with E-state index in [1.165, 1.54) is 180 Å². The minimum absolute atomic E-state index is 0.919. The van der Waals surface area contributed by atoms with Gasteiger partial charge < -0.3 is 9.13 Å². The fourth-order valence-electron chi connectivity index (χ4n) is 19.4. The number of aromatic nitrogens is 6. The molecule has 126 heavy (non-hydrogen) atoms. The van der Waals surface area contributed by atoms with E-state index < -0.39 is 0 Å². The van der Waals surface area contributed by atoms with Gasteiger partial charge >= 0.3 is 0 Å². The molecule has 0 amide bonds. The Kier molecular flexibility index (Phi) is 16.7. The van der Waals surface area contributed by atoms with E-state index >= 15 is 0 Å². The average Bonchev–Trinajstić information content (AvgIpc) is 1.58. The summed E-state index contributed by atoms with van der Waals surface area (Å²) in [6.07, 6.45) is 0. The number of hydrogen-bond donors (Lipinski definition) is 0. The topological polar surface area (TPSA) is 45.5 Å². The number of imidazole rings is 2. The van der Waals surface area contributed by atoms with Gasteiger partial charge in [-0.1, -0.05) is 231 Å². The van der Waals surface area contributed by atoms with Crippen LogP contribution in [0.25, 0.3) is 248 Å². The smallest absolute Gasteiger partial charge is 0.145 e. The van der Waals surface area contributed by atoms with Gasteiger partial charge in [-0.15, -0.1) is 45.3 Å². The van der Waals surface area contributed by atoms with Crippen molar-refractivity contribution in [2.75, 3.05) is 0 Å². The Morgan fingerprint density at radius 2 is 0.365 bits per heavy atom. The Labute approximate surface area is 739 Å². The van der Waals surface area contributed by atoms with Crippen LogP contribution in [0.5, 0.6) is 0 Å². The molecular formula is C116H70N6S4. The molecule has 27 rings (SSSR count). The maximum absolute atomic E-state index is 5.20. The molecule has 0 unspecified atom stereocenters. The van der Waals surface area contributed by atoms with Crippen LogP contribution in [0.2, 0.25) is 0 Å². The van der Waals surface area contributed by atoms with Gasteiger partial charge in [0.25, 0.3) is 0 Å². The largest absolute Gasteiger partial charge is 0.309 e. The SMILES string of the molecule is c1ccc(-c2ccc(-c3nc4ccccc4n3-c3ccc(-n4c5ccc(-c6ccc7sc8ccccc8c7c6)cc5c5cc(-c6ccc7sc8ccccc8c7c6)ccc54)cc3)cc2)cc1.c1ccc(-c2nc3ccccc3n2-c2ccc(-n3c4ccc(-c5ccc6sc7ccccc7c6c5)cc4c4cc(-c5ccc6sc7ccccc7c6c5)ccc43)cc2)cc1. The van der Waals surface area contributed by atoms with E-state index in [1.54, 1.807) is 0 Å². The molecule has 0 N–H and O–H groups in total. The van der Waals surface area contributed by atoms with Gasteiger partial charge in [0.05, 0.1) is 44.1 Å². The highest BCUT2D eigenvalue weighted by Crippen LogP contribution is 2.47. The lowest BCUT2D eigenvalue weighted by Crippen LogP contribution is -1.99. The van der Waals surface area contributed by atoms with Crippen LogP contribution in [-0.2, 0) is 0 Å². The van der Waals surface area contributed by atoms with E-state index in [9.17, 15) is 0 Å². The van der Waals surface area contributed by atoms with Crippen molar-refractivity contribution >= 4 is 192 Å². The van der Waals surface area contributed by atoms with E-state index in [1.807, 2.05) is 45.3 Å². The molecule has 8 aromatic heterocycles. The normalized spacial score (nSPS) is 12.0. The zero-order valence-corrected chi connectivity index (χ0v) is 71.0. The summed E-state index contributed by atoms with van der Waals surface area (Å²) in [5.74, 6) is 1.85. The summed E-state index contributed by atoms with van der Waals surface area (Å²) in [6, 6.07) is 155. The van der Waals surface area contributed by atoms with E-state index in [-0.39, 0.29) is 0 Å². The van der Waals surface area contributed by atoms with Crippen molar-refractivity contribution in [2.45, 2.75) is 0 Å². The fraction of sp³-hybridized carbons (Fsp3) is 0. The molecule has 0 atom stereocenters. The first-order valence-corrected chi connectivity index (χ1v) is 45.9. The molecule has 6 nitrogen and oxygen atoms in total. The van der Waals surface area contributed by atoms with Crippen molar-refractivity contribution in [3.05, 3.63) is 425 Å². The van der Waals surface area contributed by atoms with E-state index in [0.29, 0.717) is 0 Å². The maximum atomic E-state index is 5.20. The summed E-state index contributed by atoms with van der Waals surface area (Å²) in [7, 11) is 0. The molecule has 0 aliphatic heterocycles. The first-order chi connectivity index (χ1) is 62.4. The van der Waals surface area contributed by atoms with Crippen LogP contribution < -0.4 is 0 Å². The Bertz CT molecular complexity index is 8750. The molecule has 27 aromatic rings.